The van der Waals surface area contributed by atoms with E-state index in [0.29, 0.717) is 42.3 Å². The van der Waals surface area contributed by atoms with Crippen molar-refractivity contribution in [1.29, 1.82) is 0 Å². The molecule has 31 heavy (non-hydrogen) atoms. The van der Waals surface area contributed by atoms with Gasteiger partial charge in [-0.05, 0) is 51.8 Å². The molecule has 3 heterocycles. The Balaban J connectivity index is 1.50. The molecule has 4 atom stereocenters. The molecule has 2 aromatic carbocycles. The summed E-state index contributed by atoms with van der Waals surface area (Å²) >= 11 is 0. The molecular formula is C25H28O6. The van der Waals surface area contributed by atoms with E-state index in [9.17, 15) is 15.3 Å². The first kappa shape index (κ1) is 20.1. The van der Waals surface area contributed by atoms with Crippen LogP contribution >= 0.6 is 0 Å². The average molecular weight is 424 g/mol. The zero-order valence-electron chi connectivity index (χ0n) is 18.0. The Labute approximate surface area is 181 Å². The quantitative estimate of drug-likeness (QED) is 0.629. The molecule has 6 nitrogen and oxygen atoms in total. The Kier molecular flexibility index (Phi) is 4.59. The van der Waals surface area contributed by atoms with Crippen molar-refractivity contribution in [3.8, 4) is 28.7 Å². The highest BCUT2D eigenvalue weighted by Crippen LogP contribution is 2.57. The zero-order chi connectivity index (χ0) is 21.9. The first-order valence-electron chi connectivity index (χ1n) is 10.8. The highest BCUT2D eigenvalue weighted by Gasteiger charge is 2.47. The van der Waals surface area contributed by atoms with Crippen LogP contribution in [0.5, 0.6) is 28.7 Å². The van der Waals surface area contributed by atoms with Crippen LogP contribution in [0.15, 0.2) is 35.9 Å². The van der Waals surface area contributed by atoms with E-state index in [2.05, 4.69) is 6.08 Å². The van der Waals surface area contributed by atoms with E-state index in [0.717, 1.165) is 17.5 Å². The molecule has 0 aromatic heterocycles. The van der Waals surface area contributed by atoms with E-state index >= 15 is 0 Å². The normalized spacial score (nSPS) is 27.5. The molecule has 6 heteroatoms. The number of aliphatic hydroxyl groups is 1. The average Bonchev–Trinajstić information content (AvgIpc) is 3.08. The van der Waals surface area contributed by atoms with Crippen LogP contribution in [0.2, 0.25) is 0 Å². The number of phenols is 2. The molecule has 0 saturated carbocycles. The second-order valence-corrected chi connectivity index (χ2v) is 9.25. The molecule has 3 aliphatic heterocycles. The number of benzene rings is 2. The fraction of sp³-hybridized carbons (Fsp3) is 0.440. The lowest BCUT2D eigenvalue weighted by molar-refractivity contribution is -0.0606. The molecule has 3 N–H and O–H groups in total. The number of ether oxygens (including phenoxy) is 3. The van der Waals surface area contributed by atoms with Crippen LogP contribution in [0.3, 0.4) is 0 Å². The molecule has 164 valence electrons. The third-order valence-electron chi connectivity index (χ3n) is 6.70. The Morgan fingerprint density at radius 1 is 1.16 bits per heavy atom. The van der Waals surface area contributed by atoms with Gasteiger partial charge in [-0.25, -0.2) is 0 Å². The number of rotatable bonds is 3. The Bertz CT molecular complexity index is 1070. The molecule has 0 spiro atoms. The van der Waals surface area contributed by atoms with Gasteiger partial charge in [-0.3, -0.25) is 0 Å². The van der Waals surface area contributed by atoms with Crippen LogP contribution in [0.1, 0.15) is 62.3 Å². The van der Waals surface area contributed by atoms with Gasteiger partial charge in [-0.15, -0.1) is 0 Å². The minimum atomic E-state index is -0.788. The molecule has 5 rings (SSSR count). The molecular weight excluding hydrogens is 396 g/mol. The molecule has 0 amide bonds. The van der Waals surface area contributed by atoms with Crippen molar-refractivity contribution in [2.75, 3.05) is 6.61 Å². The molecule has 4 unspecified atom stereocenters. The Morgan fingerprint density at radius 2 is 1.97 bits per heavy atom. The van der Waals surface area contributed by atoms with E-state index in [-0.39, 0.29) is 23.5 Å². The highest BCUT2D eigenvalue weighted by molar-refractivity contribution is 5.63. The third kappa shape index (κ3) is 3.21. The maximum atomic E-state index is 11.0. The maximum Gasteiger partial charge on any atom is 0.168 e. The van der Waals surface area contributed by atoms with E-state index in [1.165, 1.54) is 5.57 Å². The van der Waals surface area contributed by atoms with Gasteiger partial charge in [0.2, 0.25) is 0 Å². The largest absolute Gasteiger partial charge is 0.508 e. The second-order valence-electron chi connectivity index (χ2n) is 9.25. The summed E-state index contributed by atoms with van der Waals surface area (Å²) in [4.78, 5) is 0. The van der Waals surface area contributed by atoms with Crippen LogP contribution in [0.25, 0.3) is 0 Å². The summed E-state index contributed by atoms with van der Waals surface area (Å²) in [6, 6.07) is 6.73. The van der Waals surface area contributed by atoms with Crippen molar-refractivity contribution in [3.05, 3.63) is 52.6 Å². The zero-order valence-corrected chi connectivity index (χ0v) is 18.0. The lowest BCUT2D eigenvalue weighted by Crippen LogP contribution is -2.49. The maximum absolute atomic E-state index is 11.0. The van der Waals surface area contributed by atoms with E-state index in [4.69, 9.17) is 14.2 Å². The van der Waals surface area contributed by atoms with Crippen molar-refractivity contribution < 1.29 is 29.5 Å². The van der Waals surface area contributed by atoms with E-state index < -0.39 is 11.7 Å². The predicted molar refractivity (Wildman–Crippen MR) is 115 cm³/mol. The number of fused-ring (bicyclic) bond motifs is 7. The predicted octanol–water partition coefficient (Wildman–Crippen LogP) is 4.51. The van der Waals surface area contributed by atoms with Crippen molar-refractivity contribution in [1.82, 2.24) is 0 Å². The monoisotopic (exact) mass is 424 g/mol. The number of hydrogen-bond donors (Lipinski definition) is 3. The Hall–Kier alpha value is -2.86. The van der Waals surface area contributed by atoms with Crippen LogP contribution in [0, 0.1) is 0 Å². The SMILES string of the molecule is CC(C)=CCCC1(C)Oc2c(O)cc3c(c2CC1O)OC1c2ccc(O)cc2OCC31. The van der Waals surface area contributed by atoms with Crippen LogP contribution < -0.4 is 14.2 Å². The van der Waals surface area contributed by atoms with Gasteiger partial charge in [0.15, 0.2) is 11.5 Å². The number of allylic oxidation sites excluding steroid dienone is 2. The van der Waals surface area contributed by atoms with E-state index in [1.54, 1.807) is 18.2 Å². The summed E-state index contributed by atoms with van der Waals surface area (Å²) in [6.45, 7) is 6.37. The van der Waals surface area contributed by atoms with Gasteiger partial charge in [0.25, 0.3) is 0 Å². The number of aliphatic hydroxyl groups excluding tert-OH is 1. The summed E-state index contributed by atoms with van der Waals surface area (Å²) in [5.41, 5.74) is 2.87. The fourth-order valence-electron chi connectivity index (χ4n) is 4.89. The minimum Gasteiger partial charge on any atom is -0.508 e. The molecule has 0 saturated heterocycles. The lowest BCUT2D eigenvalue weighted by Gasteiger charge is -2.40. The van der Waals surface area contributed by atoms with Crippen molar-refractivity contribution >= 4 is 0 Å². The summed E-state index contributed by atoms with van der Waals surface area (Å²) in [7, 11) is 0. The first-order valence-corrected chi connectivity index (χ1v) is 10.8. The molecule has 0 fully saturated rings. The molecule has 2 aromatic rings. The summed E-state index contributed by atoms with van der Waals surface area (Å²) in [5.74, 6) is 1.80. The number of aromatic hydroxyl groups is 2. The van der Waals surface area contributed by atoms with Crippen molar-refractivity contribution in [2.24, 2.45) is 0 Å². The van der Waals surface area contributed by atoms with Gasteiger partial charge < -0.3 is 29.5 Å². The van der Waals surface area contributed by atoms with Crippen LogP contribution in [0.4, 0.5) is 0 Å². The smallest absolute Gasteiger partial charge is 0.168 e. The highest BCUT2D eigenvalue weighted by atomic mass is 16.5. The summed E-state index contributed by atoms with van der Waals surface area (Å²) in [5, 5.41) is 31.6. The van der Waals surface area contributed by atoms with E-state index in [1.807, 2.05) is 26.8 Å². The molecule has 3 aliphatic rings. The van der Waals surface area contributed by atoms with Crippen molar-refractivity contribution in [2.45, 2.75) is 63.8 Å². The topological polar surface area (TPSA) is 88.4 Å². The summed E-state index contributed by atoms with van der Waals surface area (Å²) in [6.07, 6.45) is 2.92. The first-order chi connectivity index (χ1) is 14.8. The van der Waals surface area contributed by atoms with Crippen LogP contribution in [-0.2, 0) is 6.42 Å². The standard InChI is InChI=1S/C25H28O6/c1-13(2)5-4-8-25(3)21(28)11-17-23-16(10-19(27)24(17)31-25)18-12-29-20-9-14(26)6-7-15(20)22(18)30-23/h5-7,9-10,18,21-22,26-28H,4,8,11-12H2,1-3H3. The van der Waals surface area contributed by atoms with Gasteiger partial charge in [0.1, 0.15) is 29.0 Å². The summed E-state index contributed by atoms with van der Waals surface area (Å²) < 4.78 is 18.5. The number of phenolic OH excluding ortho intramolecular Hbond substituents is 2. The minimum absolute atomic E-state index is 0.0647. The third-order valence-corrected chi connectivity index (χ3v) is 6.70. The van der Waals surface area contributed by atoms with Crippen molar-refractivity contribution in [3.63, 3.8) is 0 Å². The molecule has 0 aliphatic carbocycles. The van der Waals surface area contributed by atoms with Gasteiger partial charge in [0, 0.05) is 29.2 Å². The van der Waals surface area contributed by atoms with Gasteiger partial charge in [-0.1, -0.05) is 11.6 Å². The second kappa shape index (κ2) is 7.09. The van der Waals surface area contributed by atoms with Gasteiger partial charge in [0.05, 0.1) is 18.6 Å². The fourth-order valence-corrected chi connectivity index (χ4v) is 4.89. The lowest BCUT2D eigenvalue weighted by atomic mass is 9.83. The number of hydrogen-bond acceptors (Lipinski definition) is 6. The molecule has 0 radical (unpaired) electrons. The van der Waals surface area contributed by atoms with Gasteiger partial charge in [-0.2, -0.15) is 0 Å². The van der Waals surface area contributed by atoms with Crippen LogP contribution in [-0.4, -0.2) is 33.6 Å². The Morgan fingerprint density at radius 3 is 2.74 bits per heavy atom. The molecule has 0 bridgehead atoms. The van der Waals surface area contributed by atoms with Gasteiger partial charge >= 0.3 is 0 Å².